The van der Waals surface area contributed by atoms with Crippen molar-refractivity contribution >= 4 is 18.4 Å². The van der Waals surface area contributed by atoms with Crippen LogP contribution in [0.1, 0.15) is 19.8 Å². The maximum absolute atomic E-state index is 11.1. The first kappa shape index (κ1) is 12.7. The van der Waals surface area contributed by atoms with Gasteiger partial charge in [0.15, 0.2) is 6.10 Å². The fourth-order valence-electron chi connectivity index (χ4n) is 1.29. The molecule has 0 aromatic carbocycles. The molecule has 1 aliphatic rings. The van der Waals surface area contributed by atoms with E-state index in [2.05, 4.69) is 0 Å². The average Bonchev–Trinajstić information content (AvgIpc) is 2.52. The Morgan fingerprint density at radius 1 is 1.62 bits per heavy atom. The molecule has 2 N–H and O–H groups in total. The van der Waals surface area contributed by atoms with Crippen molar-refractivity contribution in [1.29, 1.82) is 0 Å². The molecule has 0 saturated carbocycles. The van der Waals surface area contributed by atoms with E-state index in [9.17, 15) is 4.79 Å². The number of nitrogens with two attached hydrogens (primary N) is 1. The quantitative estimate of drug-likeness (QED) is 0.687. The molecule has 1 aliphatic heterocycles. The predicted molar refractivity (Wildman–Crippen MR) is 50.8 cm³/mol. The number of rotatable bonds is 3. The zero-order valence-corrected chi connectivity index (χ0v) is 8.51. The molecule has 1 fully saturated rings. The molecular weight excluding hydrogens is 194 g/mol. The summed E-state index contributed by atoms with van der Waals surface area (Å²) in [6.07, 6.45) is 1.26. The molecule has 2 unspecified atom stereocenters. The smallest absolute Gasteiger partial charge is 0.335 e. The first-order chi connectivity index (χ1) is 5.77. The van der Waals surface area contributed by atoms with Crippen LogP contribution in [0.3, 0.4) is 0 Å². The molecule has 0 spiro atoms. The van der Waals surface area contributed by atoms with E-state index in [1.807, 2.05) is 0 Å². The lowest BCUT2D eigenvalue weighted by molar-refractivity contribution is -0.155. The minimum Gasteiger partial charge on any atom is -0.464 e. The number of hydrogen-bond donors (Lipinski definition) is 1. The standard InChI is InChI=1S/C8H15NO3.ClH/c1-2-11-8(10)7-4-3-6(5-9)12-7;/h6-7H,2-5,9H2,1H3;1H. The van der Waals surface area contributed by atoms with Crippen LogP contribution in [0.25, 0.3) is 0 Å². The summed E-state index contributed by atoms with van der Waals surface area (Å²) in [5, 5.41) is 0. The van der Waals surface area contributed by atoms with E-state index in [0.717, 1.165) is 12.8 Å². The SMILES string of the molecule is CCOC(=O)C1CCC(CN)O1.Cl. The Kier molecular flexibility index (Phi) is 6.03. The molecule has 1 heterocycles. The van der Waals surface area contributed by atoms with Gasteiger partial charge in [0.25, 0.3) is 0 Å². The number of hydrogen-bond acceptors (Lipinski definition) is 4. The molecule has 5 heteroatoms. The van der Waals surface area contributed by atoms with Crippen LogP contribution in [0, 0.1) is 0 Å². The molecule has 13 heavy (non-hydrogen) atoms. The van der Waals surface area contributed by atoms with E-state index in [1.54, 1.807) is 6.92 Å². The minimum absolute atomic E-state index is 0. The molecule has 0 aromatic rings. The van der Waals surface area contributed by atoms with E-state index in [4.69, 9.17) is 15.2 Å². The summed E-state index contributed by atoms with van der Waals surface area (Å²) in [6.45, 7) is 2.68. The highest BCUT2D eigenvalue weighted by Gasteiger charge is 2.30. The van der Waals surface area contributed by atoms with Gasteiger partial charge in [0.1, 0.15) is 0 Å². The van der Waals surface area contributed by atoms with Crippen molar-refractivity contribution in [2.75, 3.05) is 13.2 Å². The Hall–Kier alpha value is -0.320. The summed E-state index contributed by atoms with van der Waals surface area (Å²) >= 11 is 0. The molecule has 0 radical (unpaired) electrons. The number of carbonyl (C=O) groups excluding carboxylic acids is 1. The molecule has 0 bridgehead atoms. The summed E-state index contributed by atoms with van der Waals surface area (Å²) in [7, 11) is 0. The molecule has 4 nitrogen and oxygen atoms in total. The van der Waals surface area contributed by atoms with Crippen LogP contribution >= 0.6 is 12.4 Å². The summed E-state index contributed by atoms with van der Waals surface area (Å²) in [4.78, 5) is 11.1. The van der Waals surface area contributed by atoms with E-state index in [-0.39, 0.29) is 30.6 Å². The van der Waals surface area contributed by atoms with E-state index in [1.165, 1.54) is 0 Å². The predicted octanol–water partition coefficient (Wildman–Crippen LogP) is 0.478. The van der Waals surface area contributed by atoms with Gasteiger partial charge in [-0.25, -0.2) is 4.79 Å². The highest BCUT2D eigenvalue weighted by atomic mass is 35.5. The molecule has 1 saturated heterocycles. The second kappa shape index (κ2) is 6.18. The topological polar surface area (TPSA) is 61.5 Å². The molecule has 0 aromatic heterocycles. The zero-order valence-electron chi connectivity index (χ0n) is 7.69. The van der Waals surface area contributed by atoms with Crippen LogP contribution in [-0.4, -0.2) is 31.3 Å². The Balaban J connectivity index is 0.00000144. The lowest BCUT2D eigenvalue weighted by atomic mass is 10.2. The average molecular weight is 210 g/mol. The second-order valence-corrected chi connectivity index (χ2v) is 2.81. The van der Waals surface area contributed by atoms with Crippen molar-refractivity contribution in [3.63, 3.8) is 0 Å². The number of esters is 1. The molecule has 78 valence electrons. The van der Waals surface area contributed by atoms with Crippen molar-refractivity contribution in [3.8, 4) is 0 Å². The number of carbonyl (C=O) groups is 1. The van der Waals surface area contributed by atoms with Gasteiger partial charge in [-0.1, -0.05) is 0 Å². The number of ether oxygens (including phenoxy) is 2. The van der Waals surface area contributed by atoms with Crippen LogP contribution in [-0.2, 0) is 14.3 Å². The summed E-state index contributed by atoms with van der Waals surface area (Å²) in [6, 6.07) is 0. The number of halogens is 1. The first-order valence-corrected chi connectivity index (χ1v) is 4.30. The molecule has 0 aliphatic carbocycles. The molecule has 2 atom stereocenters. The van der Waals surface area contributed by atoms with Gasteiger partial charge < -0.3 is 15.2 Å². The Labute approximate surface area is 84.2 Å². The van der Waals surface area contributed by atoms with Crippen molar-refractivity contribution in [2.45, 2.75) is 32.0 Å². The third-order valence-corrected chi connectivity index (χ3v) is 1.92. The summed E-state index contributed by atoms with van der Waals surface area (Å²) in [5.41, 5.74) is 5.39. The van der Waals surface area contributed by atoms with E-state index < -0.39 is 0 Å². The molecule has 1 rings (SSSR count). The first-order valence-electron chi connectivity index (χ1n) is 4.30. The van der Waals surface area contributed by atoms with Crippen LogP contribution < -0.4 is 5.73 Å². The van der Waals surface area contributed by atoms with Gasteiger partial charge in [0.2, 0.25) is 0 Å². The molecule has 0 amide bonds. The summed E-state index contributed by atoms with van der Waals surface area (Å²) < 4.78 is 10.1. The highest BCUT2D eigenvalue weighted by Crippen LogP contribution is 2.19. The lowest BCUT2D eigenvalue weighted by Crippen LogP contribution is -2.26. The van der Waals surface area contributed by atoms with Gasteiger partial charge in [0, 0.05) is 6.54 Å². The van der Waals surface area contributed by atoms with E-state index >= 15 is 0 Å². The third kappa shape index (κ3) is 3.50. The maximum Gasteiger partial charge on any atom is 0.335 e. The Morgan fingerprint density at radius 3 is 2.77 bits per heavy atom. The largest absolute Gasteiger partial charge is 0.464 e. The lowest BCUT2D eigenvalue weighted by Gasteiger charge is -2.10. The normalized spacial score (nSPS) is 26.6. The zero-order chi connectivity index (χ0) is 8.97. The van der Waals surface area contributed by atoms with Gasteiger partial charge in [-0.3, -0.25) is 0 Å². The minimum atomic E-state index is -0.376. The maximum atomic E-state index is 11.1. The fraction of sp³-hybridized carbons (Fsp3) is 0.875. The van der Waals surface area contributed by atoms with Gasteiger partial charge in [0.05, 0.1) is 12.7 Å². The van der Waals surface area contributed by atoms with Gasteiger partial charge in [-0.2, -0.15) is 0 Å². The Bertz CT molecular complexity index is 165. The van der Waals surface area contributed by atoms with Crippen molar-refractivity contribution in [1.82, 2.24) is 0 Å². The third-order valence-electron chi connectivity index (χ3n) is 1.92. The van der Waals surface area contributed by atoms with Gasteiger partial charge in [-0.05, 0) is 19.8 Å². The van der Waals surface area contributed by atoms with Crippen molar-refractivity contribution in [3.05, 3.63) is 0 Å². The molecular formula is C8H16ClNO3. The van der Waals surface area contributed by atoms with Crippen LogP contribution in [0.2, 0.25) is 0 Å². The monoisotopic (exact) mass is 209 g/mol. The Morgan fingerprint density at radius 2 is 2.31 bits per heavy atom. The fourth-order valence-corrected chi connectivity index (χ4v) is 1.29. The van der Waals surface area contributed by atoms with Gasteiger partial charge in [-0.15, -0.1) is 12.4 Å². The van der Waals surface area contributed by atoms with Crippen molar-refractivity contribution < 1.29 is 14.3 Å². The van der Waals surface area contributed by atoms with Crippen LogP contribution in [0.5, 0.6) is 0 Å². The van der Waals surface area contributed by atoms with Crippen LogP contribution in [0.4, 0.5) is 0 Å². The second-order valence-electron chi connectivity index (χ2n) is 2.81. The summed E-state index contributed by atoms with van der Waals surface area (Å²) in [5.74, 6) is -0.256. The van der Waals surface area contributed by atoms with Gasteiger partial charge >= 0.3 is 5.97 Å². The van der Waals surface area contributed by atoms with Crippen LogP contribution in [0.15, 0.2) is 0 Å². The van der Waals surface area contributed by atoms with Crippen molar-refractivity contribution in [2.24, 2.45) is 5.73 Å². The van der Waals surface area contributed by atoms with E-state index in [0.29, 0.717) is 13.2 Å². The highest BCUT2D eigenvalue weighted by molar-refractivity contribution is 5.85.